The first-order chi connectivity index (χ1) is 15.8. The van der Waals surface area contributed by atoms with Gasteiger partial charge in [-0.15, -0.1) is 0 Å². The van der Waals surface area contributed by atoms with Crippen LogP contribution in [0.25, 0.3) is 6.08 Å². The first-order valence-corrected chi connectivity index (χ1v) is 12.1. The number of rotatable bonds is 5. The Morgan fingerprint density at radius 1 is 1.06 bits per heavy atom. The van der Waals surface area contributed by atoms with E-state index in [1.54, 1.807) is 23.1 Å². The molecule has 33 heavy (non-hydrogen) atoms. The van der Waals surface area contributed by atoms with E-state index in [1.807, 2.05) is 43.3 Å². The molecule has 1 amide bonds. The van der Waals surface area contributed by atoms with Crippen LogP contribution in [0.4, 0.5) is 10.1 Å². The molecule has 0 saturated heterocycles. The maximum absolute atomic E-state index is 14.3. The number of hydrogen-bond acceptors (Lipinski definition) is 3. The third-order valence-corrected chi connectivity index (χ3v) is 6.75. The van der Waals surface area contributed by atoms with E-state index in [0.29, 0.717) is 27.4 Å². The van der Waals surface area contributed by atoms with Crippen LogP contribution in [0, 0.1) is 12.7 Å². The lowest BCUT2D eigenvalue weighted by Gasteiger charge is -2.18. The standard InChI is InChI=1S/C27H24ClFN2OS/c1-17(2)20-11-9-19(10-12-20)15-25-26(32)31(21-13-7-18(3)8-14-21)27(30-25)33-16-22-23(28)5-4-6-24(22)29/h4-15,17H,16H2,1-3H3. The van der Waals surface area contributed by atoms with E-state index >= 15 is 0 Å². The Labute approximate surface area is 203 Å². The highest BCUT2D eigenvalue weighted by Crippen LogP contribution is 2.33. The smallest absolute Gasteiger partial charge is 0.266 e. The van der Waals surface area contributed by atoms with Gasteiger partial charge in [0.2, 0.25) is 0 Å². The second-order valence-corrected chi connectivity index (χ2v) is 9.56. The summed E-state index contributed by atoms with van der Waals surface area (Å²) in [5.74, 6) is 0.107. The van der Waals surface area contributed by atoms with Gasteiger partial charge in [-0.05, 0) is 54.3 Å². The van der Waals surface area contributed by atoms with Crippen LogP contribution in [0.2, 0.25) is 5.02 Å². The quantitative estimate of drug-likeness (QED) is 0.354. The number of anilines is 1. The number of amides is 1. The molecule has 1 heterocycles. The lowest BCUT2D eigenvalue weighted by atomic mass is 10.0. The largest absolute Gasteiger partial charge is 0.283 e. The molecule has 0 N–H and O–H groups in total. The van der Waals surface area contributed by atoms with E-state index in [4.69, 9.17) is 11.6 Å². The molecule has 6 heteroatoms. The Morgan fingerprint density at radius 2 is 1.76 bits per heavy atom. The number of nitrogens with zero attached hydrogens (tertiary/aromatic N) is 2. The normalized spacial score (nSPS) is 15.0. The molecule has 0 atom stereocenters. The zero-order valence-electron chi connectivity index (χ0n) is 18.7. The Balaban J connectivity index is 1.67. The number of carbonyl (C=O) groups excluding carboxylic acids is 1. The van der Waals surface area contributed by atoms with Crippen LogP contribution >= 0.6 is 23.4 Å². The number of halogens is 2. The molecule has 1 aliphatic heterocycles. The monoisotopic (exact) mass is 478 g/mol. The van der Waals surface area contributed by atoms with E-state index in [9.17, 15) is 9.18 Å². The van der Waals surface area contributed by atoms with Gasteiger partial charge in [0.1, 0.15) is 11.5 Å². The number of thioether (sulfide) groups is 1. The van der Waals surface area contributed by atoms with E-state index in [2.05, 4.69) is 31.0 Å². The maximum Gasteiger partial charge on any atom is 0.283 e. The van der Waals surface area contributed by atoms with Crippen molar-refractivity contribution >= 4 is 46.2 Å². The summed E-state index contributed by atoms with van der Waals surface area (Å²) >= 11 is 7.49. The van der Waals surface area contributed by atoms with Crippen molar-refractivity contribution in [2.75, 3.05) is 4.90 Å². The molecule has 0 saturated carbocycles. The van der Waals surface area contributed by atoms with Crippen molar-refractivity contribution in [2.24, 2.45) is 4.99 Å². The Morgan fingerprint density at radius 3 is 2.39 bits per heavy atom. The van der Waals surface area contributed by atoms with E-state index in [-0.39, 0.29) is 17.5 Å². The zero-order chi connectivity index (χ0) is 23.5. The van der Waals surface area contributed by atoms with Crippen LogP contribution in [0.1, 0.15) is 42.0 Å². The van der Waals surface area contributed by atoms with Gasteiger partial charge in [0.05, 0.1) is 5.69 Å². The molecule has 4 rings (SSSR count). The van der Waals surface area contributed by atoms with Crippen molar-refractivity contribution in [3.63, 3.8) is 0 Å². The van der Waals surface area contributed by atoms with Crippen LogP contribution < -0.4 is 4.90 Å². The number of hydrogen-bond donors (Lipinski definition) is 0. The fourth-order valence-corrected chi connectivity index (χ4v) is 4.81. The van der Waals surface area contributed by atoms with Crippen molar-refractivity contribution in [2.45, 2.75) is 32.4 Å². The van der Waals surface area contributed by atoms with Crippen molar-refractivity contribution in [1.29, 1.82) is 0 Å². The molecule has 0 radical (unpaired) electrons. The fraction of sp³-hybridized carbons (Fsp3) is 0.185. The van der Waals surface area contributed by atoms with Gasteiger partial charge < -0.3 is 0 Å². The third-order valence-electron chi connectivity index (χ3n) is 5.44. The molecular formula is C27H24ClFN2OS. The number of amidine groups is 1. The molecule has 0 fully saturated rings. The molecule has 0 aliphatic carbocycles. The van der Waals surface area contributed by atoms with Crippen molar-refractivity contribution in [3.8, 4) is 0 Å². The Hall–Kier alpha value is -2.89. The minimum atomic E-state index is -0.372. The SMILES string of the molecule is Cc1ccc(N2C(=O)C(=Cc3ccc(C(C)C)cc3)N=C2SCc2c(F)cccc2Cl)cc1. The second kappa shape index (κ2) is 9.94. The molecule has 0 unspecified atom stereocenters. The molecule has 3 aromatic rings. The molecule has 0 bridgehead atoms. The summed E-state index contributed by atoms with van der Waals surface area (Å²) in [6.45, 7) is 6.28. The molecule has 168 valence electrons. The maximum atomic E-state index is 14.3. The summed E-state index contributed by atoms with van der Waals surface area (Å²) in [4.78, 5) is 19.6. The lowest BCUT2D eigenvalue weighted by Crippen LogP contribution is -2.30. The number of carbonyl (C=O) groups is 1. The van der Waals surface area contributed by atoms with Crippen LogP contribution in [0.3, 0.4) is 0 Å². The lowest BCUT2D eigenvalue weighted by molar-refractivity contribution is -0.113. The zero-order valence-corrected chi connectivity index (χ0v) is 20.3. The molecule has 0 aromatic heterocycles. The summed E-state index contributed by atoms with van der Waals surface area (Å²) in [6.07, 6.45) is 1.79. The molecule has 1 aliphatic rings. The fourth-order valence-electron chi connectivity index (χ4n) is 3.46. The first kappa shape index (κ1) is 23.3. The molecular weight excluding hydrogens is 455 g/mol. The van der Waals surface area contributed by atoms with Crippen LogP contribution in [-0.2, 0) is 10.5 Å². The first-order valence-electron chi connectivity index (χ1n) is 10.7. The highest BCUT2D eigenvalue weighted by molar-refractivity contribution is 8.13. The highest BCUT2D eigenvalue weighted by Gasteiger charge is 2.32. The Bertz CT molecular complexity index is 1210. The van der Waals surface area contributed by atoms with Gasteiger partial charge in [-0.2, -0.15) is 0 Å². The van der Waals surface area contributed by atoms with E-state index < -0.39 is 0 Å². The van der Waals surface area contributed by atoms with Gasteiger partial charge in [-0.1, -0.05) is 85.2 Å². The minimum Gasteiger partial charge on any atom is -0.266 e. The van der Waals surface area contributed by atoms with Crippen LogP contribution in [0.15, 0.2) is 77.4 Å². The molecule has 0 spiro atoms. The van der Waals surface area contributed by atoms with Gasteiger partial charge in [0.25, 0.3) is 5.91 Å². The Kier molecular flexibility index (Phi) is 7.01. The van der Waals surface area contributed by atoms with Gasteiger partial charge in [-0.25, -0.2) is 9.38 Å². The van der Waals surface area contributed by atoms with E-state index in [0.717, 1.165) is 16.8 Å². The topological polar surface area (TPSA) is 32.7 Å². The number of aryl methyl sites for hydroxylation is 1. The van der Waals surface area contributed by atoms with E-state index in [1.165, 1.54) is 23.4 Å². The van der Waals surface area contributed by atoms with Crippen molar-refractivity contribution < 1.29 is 9.18 Å². The molecule has 3 nitrogen and oxygen atoms in total. The van der Waals surface area contributed by atoms with Gasteiger partial charge in [0.15, 0.2) is 5.17 Å². The second-order valence-electron chi connectivity index (χ2n) is 8.21. The number of aliphatic imine (C=N–C) groups is 1. The third kappa shape index (κ3) is 5.21. The average molecular weight is 479 g/mol. The average Bonchev–Trinajstić information content (AvgIpc) is 3.09. The minimum absolute atomic E-state index is 0.214. The summed E-state index contributed by atoms with van der Waals surface area (Å²) in [5.41, 5.74) is 4.68. The van der Waals surface area contributed by atoms with Gasteiger partial charge in [0, 0.05) is 16.3 Å². The summed E-state index contributed by atoms with van der Waals surface area (Å²) < 4.78 is 14.3. The van der Waals surface area contributed by atoms with Gasteiger partial charge >= 0.3 is 0 Å². The predicted octanol–water partition coefficient (Wildman–Crippen LogP) is 7.59. The van der Waals surface area contributed by atoms with Crippen LogP contribution in [0.5, 0.6) is 0 Å². The van der Waals surface area contributed by atoms with Crippen LogP contribution in [-0.4, -0.2) is 11.1 Å². The van der Waals surface area contributed by atoms with Crippen molar-refractivity contribution in [3.05, 3.63) is 106 Å². The summed E-state index contributed by atoms with van der Waals surface area (Å²) in [6, 6.07) is 20.4. The summed E-state index contributed by atoms with van der Waals surface area (Å²) in [5, 5.41) is 0.851. The van der Waals surface area contributed by atoms with Gasteiger partial charge in [-0.3, -0.25) is 9.69 Å². The number of benzene rings is 3. The highest BCUT2D eigenvalue weighted by atomic mass is 35.5. The predicted molar refractivity (Wildman–Crippen MR) is 137 cm³/mol. The molecule has 3 aromatic carbocycles. The summed E-state index contributed by atoms with van der Waals surface area (Å²) in [7, 11) is 0. The van der Waals surface area contributed by atoms with Crippen molar-refractivity contribution in [1.82, 2.24) is 0 Å².